The van der Waals surface area contributed by atoms with Crippen LogP contribution in [0.1, 0.15) is 134 Å². The molecule has 2 saturated heterocycles. The van der Waals surface area contributed by atoms with E-state index < -0.39 is 0 Å². The quantitative estimate of drug-likeness (QED) is 0.162. The Kier molecular flexibility index (Phi) is 17.6. The van der Waals surface area contributed by atoms with Gasteiger partial charge in [-0.1, -0.05) is 60.8 Å². The zero-order valence-corrected chi connectivity index (χ0v) is 31.5. The molecular weight excluding hydrogens is 633 g/mol. The Morgan fingerprint density at radius 1 is 0.529 bits per heavy atom. The molecule has 2 aromatic rings. The molecule has 272 valence electrons. The first-order chi connectivity index (χ1) is 24.8. The third kappa shape index (κ3) is 14.9. The van der Waals surface area contributed by atoms with Crippen molar-refractivity contribution in [3.63, 3.8) is 0 Å². The summed E-state index contributed by atoms with van der Waals surface area (Å²) in [5.41, 5.74) is 2.18. The number of nitrogens with zero attached hydrogens (tertiary/aromatic N) is 3. The van der Waals surface area contributed by atoms with Gasteiger partial charge in [0, 0.05) is 31.2 Å². The van der Waals surface area contributed by atoms with Gasteiger partial charge in [-0.25, -0.2) is 8.78 Å². The van der Waals surface area contributed by atoms with E-state index in [2.05, 4.69) is 82.8 Å². The number of unbranched alkanes of at least 4 members (excludes halogenated alkanes) is 6. The van der Waals surface area contributed by atoms with Crippen molar-refractivity contribution >= 4 is 0 Å². The summed E-state index contributed by atoms with van der Waals surface area (Å²) in [5, 5.41) is 0. The number of hydrogen-bond acceptors (Lipinski definition) is 3. The van der Waals surface area contributed by atoms with Gasteiger partial charge in [-0.2, -0.15) is 0 Å². The van der Waals surface area contributed by atoms with Crippen molar-refractivity contribution in [3.05, 3.63) is 71.3 Å². The van der Waals surface area contributed by atoms with Crippen LogP contribution in [0.5, 0.6) is 0 Å². The lowest BCUT2D eigenvalue weighted by Crippen LogP contribution is -2.41. The highest BCUT2D eigenvalue weighted by atomic mass is 19.1. The number of piperidine rings is 2. The van der Waals surface area contributed by atoms with Gasteiger partial charge < -0.3 is 0 Å². The topological polar surface area (TPSA) is 9.72 Å². The Labute approximate surface area is 308 Å². The van der Waals surface area contributed by atoms with Crippen molar-refractivity contribution < 1.29 is 8.78 Å². The van der Waals surface area contributed by atoms with Crippen molar-refractivity contribution in [2.24, 2.45) is 0 Å². The normalized spacial score (nSPS) is 16.4. The maximum absolute atomic E-state index is 13.5. The molecule has 2 atom stereocenters. The molecule has 2 unspecified atom stereocenters. The number of likely N-dealkylation sites (tertiary alicyclic amines) is 2. The molecule has 2 heterocycles. The van der Waals surface area contributed by atoms with E-state index in [1.807, 2.05) is 24.3 Å². The first-order valence-corrected chi connectivity index (χ1v) is 19.4. The van der Waals surface area contributed by atoms with Gasteiger partial charge in [0.05, 0.1) is 25.2 Å². The molecule has 0 aromatic heterocycles. The smallest absolute Gasteiger partial charge is 0.123 e. The van der Waals surface area contributed by atoms with Gasteiger partial charge in [0.2, 0.25) is 0 Å². The zero-order chi connectivity index (χ0) is 36.2. The van der Waals surface area contributed by atoms with Crippen LogP contribution in [0.2, 0.25) is 0 Å². The van der Waals surface area contributed by atoms with Crippen molar-refractivity contribution in [1.29, 1.82) is 0 Å². The lowest BCUT2D eigenvalue weighted by Gasteiger charge is -2.32. The molecule has 0 bridgehead atoms. The third-order valence-corrected chi connectivity index (χ3v) is 9.81. The molecule has 0 amide bonds. The van der Waals surface area contributed by atoms with Crippen LogP contribution in [0.4, 0.5) is 8.78 Å². The predicted octanol–water partition coefficient (Wildman–Crippen LogP) is 9.95. The Hall–Kier alpha value is -3.58. The lowest BCUT2D eigenvalue weighted by molar-refractivity contribution is 0.179. The van der Waals surface area contributed by atoms with Crippen LogP contribution >= 0.6 is 0 Å². The van der Waals surface area contributed by atoms with Crippen LogP contribution in [0.15, 0.2) is 48.5 Å². The maximum atomic E-state index is 13.5. The first kappa shape index (κ1) is 40.2. The number of hydrogen-bond donors (Lipinski definition) is 0. The molecule has 2 aliphatic rings. The summed E-state index contributed by atoms with van der Waals surface area (Å²) in [5.74, 6) is 27.0. The van der Waals surface area contributed by atoms with Crippen molar-refractivity contribution in [2.45, 2.75) is 128 Å². The minimum atomic E-state index is -0.199. The van der Waals surface area contributed by atoms with Crippen LogP contribution in [0, 0.1) is 59.0 Å². The molecule has 3 nitrogen and oxygen atoms in total. The molecular formula is C46H59F2N3. The van der Waals surface area contributed by atoms with Crippen molar-refractivity contribution in [1.82, 2.24) is 14.7 Å². The molecule has 0 saturated carbocycles. The molecule has 2 aromatic carbocycles. The average molecular weight is 692 g/mol. The second-order valence-electron chi connectivity index (χ2n) is 14.9. The molecule has 0 spiro atoms. The van der Waals surface area contributed by atoms with E-state index in [0.29, 0.717) is 0 Å². The SMILES string of the molecule is CC(C)(C)N(CC#CCCCCC#CC(c1ccc(F)cc1)N1CCCCC1)CC#CCCCCC#CC(c1ccc(F)cc1)N1CCCCC1. The lowest BCUT2D eigenvalue weighted by atomic mass is 10.0. The van der Waals surface area contributed by atoms with E-state index in [1.54, 1.807) is 24.3 Å². The van der Waals surface area contributed by atoms with Crippen LogP contribution in [-0.2, 0) is 0 Å². The Morgan fingerprint density at radius 3 is 1.24 bits per heavy atom. The molecule has 2 aliphatic heterocycles. The Balaban J connectivity index is 1.14. The van der Waals surface area contributed by atoms with Crippen molar-refractivity contribution in [2.75, 3.05) is 39.3 Å². The van der Waals surface area contributed by atoms with E-state index in [9.17, 15) is 8.78 Å². The van der Waals surface area contributed by atoms with Crippen molar-refractivity contribution in [3.8, 4) is 47.4 Å². The second-order valence-corrected chi connectivity index (χ2v) is 14.9. The average Bonchev–Trinajstić information content (AvgIpc) is 3.13. The number of rotatable bonds is 12. The zero-order valence-electron chi connectivity index (χ0n) is 31.5. The van der Waals surface area contributed by atoms with E-state index in [0.717, 1.165) is 102 Å². The van der Waals surface area contributed by atoms with Crippen LogP contribution in [0.25, 0.3) is 0 Å². The van der Waals surface area contributed by atoms with E-state index in [-0.39, 0.29) is 29.3 Å². The van der Waals surface area contributed by atoms with Gasteiger partial charge in [0.25, 0.3) is 0 Å². The molecule has 5 heteroatoms. The fourth-order valence-corrected chi connectivity index (χ4v) is 6.62. The first-order valence-electron chi connectivity index (χ1n) is 19.4. The second kappa shape index (κ2) is 22.4. The number of halogens is 2. The molecule has 0 aliphatic carbocycles. The largest absolute Gasteiger partial charge is 0.286 e. The highest BCUT2D eigenvalue weighted by Gasteiger charge is 2.22. The van der Waals surface area contributed by atoms with E-state index >= 15 is 0 Å². The molecule has 0 N–H and O–H groups in total. The maximum Gasteiger partial charge on any atom is 0.123 e. The fourth-order valence-electron chi connectivity index (χ4n) is 6.62. The van der Waals surface area contributed by atoms with Gasteiger partial charge in [0.1, 0.15) is 11.6 Å². The Bertz CT molecular complexity index is 1440. The molecule has 51 heavy (non-hydrogen) atoms. The summed E-state index contributed by atoms with van der Waals surface area (Å²) >= 11 is 0. The standard InChI is InChI=1S/C46H59F2N3/c1-46(2,3)51(38-22-12-8-4-6-10-16-24-44(49-34-18-14-19-35-49)40-26-30-42(47)31-27-40)39-23-13-9-5-7-11-17-25-45(50-36-20-15-21-37-50)41-28-32-43(48)33-29-41/h26-33,44-45H,4-11,14-15,18-21,34-39H2,1-3H3. The van der Waals surface area contributed by atoms with Gasteiger partial charge in [-0.15, -0.1) is 23.7 Å². The monoisotopic (exact) mass is 691 g/mol. The van der Waals surface area contributed by atoms with Gasteiger partial charge >= 0.3 is 0 Å². The molecule has 0 radical (unpaired) electrons. The van der Waals surface area contributed by atoms with Gasteiger partial charge in [0.15, 0.2) is 0 Å². The van der Waals surface area contributed by atoms with Crippen LogP contribution < -0.4 is 0 Å². The Morgan fingerprint density at radius 2 is 0.882 bits per heavy atom. The highest BCUT2D eigenvalue weighted by molar-refractivity contribution is 5.29. The van der Waals surface area contributed by atoms with E-state index in [4.69, 9.17) is 0 Å². The minimum Gasteiger partial charge on any atom is -0.286 e. The fraction of sp³-hybridized carbons (Fsp3) is 0.565. The minimum absolute atomic E-state index is 0.000616. The summed E-state index contributed by atoms with van der Waals surface area (Å²) in [4.78, 5) is 7.24. The summed E-state index contributed by atoms with van der Waals surface area (Å²) in [6.45, 7) is 12.3. The summed E-state index contributed by atoms with van der Waals surface area (Å²) in [7, 11) is 0. The van der Waals surface area contributed by atoms with Gasteiger partial charge in [-0.05, 0) is 134 Å². The summed E-state index contributed by atoms with van der Waals surface area (Å²) in [6, 6.07) is 13.8. The number of benzene rings is 2. The third-order valence-electron chi connectivity index (χ3n) is 9.81. The van der Waals surface area contributed by atoms with Crippen LogP contribution in [-0.4, -0.2) is 59.5 Å². The molecule has 2 fully saturated rings. The van der Waals surface area contributed by atoms with E-state index in [1.165, 1.54) is 38.5 Å². The summed E-state index contributed by atoms with van der Waals surface area (Å²) < 4.78 is 27.0. The summed E-state index contributed by atoms with van der Waals surface area (Å²) in [6.07, 6.45) is 15.0. The molecule has 4 rings (SSSR count). The van der Waals surface area contributed by atoms with Gasteiger partial charge in [-0.3, -0.25) is 14.7 Å². The predicted molar refractivity (Wildman–Crippen MR) is 208 cm³/mol. The highest BCUT2D eigenvalue weighted by Crippen LogP contribution is 2.26. The van der Waals surface area contributed by atoms with Crippen LogP contribution in [0.3, 0.4) is 0 Å².